The smallest absolute Gasteiger partial charge is 0.328 e. The van der Waals surface area contributed by atoms with E-state index in [1.54, 1.807) is 11.8 Å². The van der Waals surface area contributed by atoms with Crippen molar-refractivity contribution in [1.82, 2.24) is 10.6 Å². The van der Waals surface area contributed by atoms with Gasteiger partial charge in [0.2, 0.25) is 0 Å². The molecule has 0 radical (unpaired) electrons. The highest BCUT2D eigenvalue weighted by atomic mass is 32.2. The molecule has 8 heteroatoms. The van der Waals surface area contributed by atoms with Crippen molar-refractivity contribution in [3.8, 4) is 0 Å². The maximum atomic E-state index is 13.5. The molecule has 35 heavy (non-hydrogen) atoms. The van der Waals surface area contributed by atoms with Crippen LogP contribution in [0.3, 0.4) is 0 Å². The maximum Gasteiger partial charge on any atom is 0.328 e. The molecule has 2 aromatic carbocycles. The molecular weight excluding hydrogens is 478 g/mol. The first-order chi connectivity index (χ1) is 16.9. The van der Waals surface area contributed by atoms with Gasteiger partial charge in [0.15, 0.2) is 0 Å². The Labute approximate surface area is 218 Å². The van der Waals surface area contributed by atoms with Gasteiger partial charge < -0.3 is 20.7 Å². The van der Waals surface area contributed by atoms with Gasteiger partial charge in [0.05, 0.1) is 6.10 Å². The van der Waals surface area contributed by atoms with E-state index >= 15 is 0 Å². The number of esters is 1. The largest absolute Gasteiger partial charge is 0.461 e. The van der Waals surface area contributed by atoms with Gasteiger partial charge in [0.25, 0.3) is 5.91 Å². The van der Waals surface area contributed by atoms with Crippen molar-refractivity contribution >= 4 is 42.0 Å². The van der Waals surface area contributed by atoms with Crippen LogP contribution in [0.2, 0.25) is 0 Å². The van der Waals surface area contributed by atoms with Gasteiger partial charge in [0, 0.05) is 29.1 Å². The lowest BCUT2D eigenvalue weighted by atomic mass is 9.98. The van der Waals surface area contributed by atoms with Crippen molar-refractivity contribution in [3.63, 3.8) is 0 Å². The van der Waals surface area contributed by atoms with E-state index in [2.05, 4.69) is 28.6 Å². The molecule has 1 aliphatic rings. The van der Waals surface area contributed by atoms with Gasteiger partial charge in [-0.05, 0) is 74.9 Å². The summed E-state index contributed by atoms with van der Waals surface area (Å²) in [5.74, 6) is 0.0847. The highest BCUT2D eigenvalue weighted by Crippen LogP contribution is 2.21. The molecule has 190 valence electrons. The molecule has 0 aromatic heterocycles. The molecule has 1 fully saturated rings. The molecule has 1 saturated heterocycles. The first-order valence-electron chi connectivity index (χ1n) is 12.2. The van der Waals surface area contributed by atoms with Gasteiger partial charge in [-0.25, -0.2) is 4.79 Å². The lowest BCUT2D eigenvalue weighted by molar-refractivity contribution is -0.149. The van der Waals surface area contributed by atoms with E-state index in [0.29, 0.717) is 23.7 Å². The Morgan fingerprint density at radius 1 is 1.20 bits per heavy atom. The van der Waals surface area contributed by atoms with Crippen LogP contribution < -0.4 is 16.0 Å². The minimum atomic E-state index is -0.689. The van der Waals surface area contributed by atoms with Crippen molar-refractivity contribution < 1.29 is 14.3 Å². The molecule has 0 unspecified atom stereocenters. The topological polar surface area (TPSA) is 79.5 Å². The summed E-state index contributed by atoms with van der Waals surface area (Å²) < 4.78 is 5.41. The summed E-state index contributed by atoms with van der Waals surface area (Å²) in [6.45, 7) is 5.32. The Kier molecular flexibility index (Phi) is 10.8. The van der Waals surface area contributed by atoms with E-state index in [0.717, 1.165) is 42.1 Å². The van der Waals surface area contributed by atoms with E-state index in [4.69, 9.17) is 4.74 Å². The molecule has 3 rings (SSSR count). The van der Waals surface area contributed by atoms with Crippen molar-refractivity contribution in [1.29, 1.82) is 0 Å². The number of hydrogen-bond acceptors (Lipinski definition) is 7. The van der Waals surface area contributed by atoms with Gasteiger partial charge in [-0.3, -0.25) is 4.79 Å². The molecule has 0 spiro atoms. The number of amides is 1. The van der Waals surface area contributed by atoms with Crippen LogP contribution in [0.5, 0.6) is 0 Å². The molecule has 2 aromatic rings. The molecule has 3 atom stereocenters. The molecule has 0 bridgehead atoms. The summed E-state index contributed by atoms with van der Waals surface area (Å²) >= 11 is 6.29. The van der Waals surface area contributed by atoms with Crippen molar-refractivity contribution in [2.45, 2.75) is 56.5 Å². The predicted molar refractivity (Wildman–Crippen MR) is 149 cm³/mol. The SMILES string of the molecule is CSCC[C@H](NC(=O)c1cc(NC[C@@H]2NCC[C@@H]2S)ccc1Cc1ccccc1)C(=O)OC(C)C. The van der Waals surface area contributed by atoms with Crippen LogP contribution in [-0.2, 0) is 16.0 Å². The number of anilines is 1. The number of carbonyl (C=O) groups excluding carboxylic acids is 2. The second-order valence-electron chi connectivity index (χ2n) is 9.13. The first-order valence-corrected chi connectivity index (χ1v) is 14.1. The monoisotopic (exact) mass is 515 g/mol. The number of benzene rings is 2. The molecule has 1 heterocycles. The second-order valence-corrected chi connectivity index (χ2v) is 10.8. The van der Waals surface area contributed by atoms with E-state index in [9.17, 15) is 9.59 Å². The van der Waals surface area contributed by atoms with Crippen molar-refractivity contribution in [2.75, 3.05) is 30.4 Å². The van der Waals surface area contributed by atoms with Gasteiger partial charge in [-0.2, -0.15) is 24.4 Å². The van der Waals surface area contributed by atoms with Crippen molar-refractivity contribution in [3.05, 3.63) is 65.2 Å². The molecule has 0 aliphatic carbocycles. The van der Waals surface area contributed by atoms with Gasteiger partial charge in [-0.15, -0.1) is 0 Å². The third-order valence-corrected chi connectivity index (χ3v) is 7.24. The maximum absolute atomic E-state index is 13.5. The fourth-order valence-electron chi connectivity index (χ4n) is 4.09. The van der Waals surface area contributed by atoms with E-state index < -0.39 is 12.0 Å². The Morgan fingerprint density at radius 3 is 2.63 bits per heavy atom. The summed E-state index contributed by atoms with van der Waals surface area (Å²) in [5.41, 5.74) is 3.46. The lowest BCUT2D eigenvalue weighted by Crippen LogP contribution is -2.43. The zero-order chi connectivity index (χ0) is 25.2. The van der Waals surface area contributed by atoms with Gasteiger partial charge in [-0.1, -0.05) is 36.4 Å². The summed E-state index contributed by atoms with van der Waals surface area (Å²) in [6.07, 6.45) is 3.93. The number of ether oxygens (including phenoxy) is 1. The summed E-state index contributed by atoms with van der Waals surface area (Å²) in [5, 5.41) is 10.2. The normalized spacial score (nSPS) is 18.3. The Bertz CT molecular complexity index is 971. The Hall–Kier alpha value is -2.16. The molecule has 1 aliphatic heterocycles. The Morgan fingerprint density at radius 2 is 1.97 bits per heavy atom. The molecule has 0 saturated carbocycles. The fourth-order valence-corrected chi connectivity index (χ4v) is 4.90. The van der Waals surface area contributed by atoms with Crippen molar-refractivity contribution in [2.24, 2.45) is 0 Å². The molecule has 6 nitrogen and oxygen atoms in total. The molecule has 3 N–H and O–H groups in total. The predicted octanol–water partition coefficient (Wildman–Crippen LogP) is 4.15. The summed E-state index contributed by atoms with van der Waals surface area (Å²) in [7, 11) is 0. The molecule has 1 amide bonds. The van der Waals surface area contributed by atoms with Gasteiger partial charge in [0.1, 0.15) is 6.04 Å². The third kappa shape index (κ3) is 8.47. The van der Waals surface area contributed by atoms with Crippen LogP contribution in [0, 0.1) is 0 Å². The van der Waals surface area contributed by atoms with E-state index in [1.165, 1.54) is 0 Å². The standard InChI is InChI=1S/C27H37N3O3S2/c1-18(2)33-27(32)23(12-14-35-3)30-26(31)22-16-21(29-17-24-25(34)11-13-28-24)10-9-20(22)15-19-7-5-4-6-8-19/h4-10,16,18,23-25,28-29,34H,11-15,17H2,1-3H3,(H,30,31)/t23-,24-,25-/m0/s1. The average molecular weight is 516 g/mol. The van der Waals surface area contributed by atoms with E-state index in [1.807, 2.05) is 68.6 Å². The summed E-state index contributed by atoms with van der Waals surface area (Å²) in [4.78, 5) is 26.2. The third-order valence-electron chi connectivity index (χ3n) is 5.98. The number of thioether (sulfide) groups is 1. The van der Waals surface area contributed by atoms with Crippen LogP contribution >= 0.6 is 24.4 Å². The minimum Gasteiger partial charge on any atom is -0.461 e. The van der Waals surface area contributed by atoms with E-state index in [-0.39, 0.29) is 18.1 Å². The van der Waals surface area contributed by atoms with Crippen LogP contribution in [-0.4, -0.2) is 60.4 Å². The van der Waals surface area contributed by atoms with Gasteiger partial charge >= 0.3 is 5.97 Å². The second kappa shape index (κ2) is 13.8. The minimum absolute atomic E-state index is 0.239. The number of carbonyl (C=O) groups is 2. The highest BCUT2D eigenvalue weighted by molar-refractivity contribution is 7.98. The van der Waals surface area contributed by atoms with Crippen LogP contribution in [0.25, 0.3) is 0 Å². The number of nitrogens with one attached hydrogen (secondary N) is 3. The number of thiol groups is 1. The average Bonchev–Trinajstić information content (AvgIpc) is 3.25. The first kappa shape index (κ1) is 27.4. The summed E-state index contributed by atoms with van der Waals surface area (Å²) in [6, 6.07) is 15.5. The Balaban J connectivity index is 1.82. The zero-order valence-electron chi connectivity index (χ0n) is 20.8. The molecular formula is C27H37N3O3S2. The highest BCUT2D eigenvalue weighted by Gasteiger charge is 2.26. The quantitative estimate of drug-likeness (QED) is 0.251. The van der Waals surface area contributed by atoms with Crippen LogP contribution in [0.1, 0.15) is 48.2 Å². The van der Waals surface area contributed by atoms with Crippen LogP contribution in [0.15, 0.2) is 48.5 Å². The number of hydrogen-bond donors (Lipinski definition) is 4. The fraction of sp³-hybridized carbons (Fsp3) is 0.481. The zero-order valence-corrected chi connectivity index (χ0v) is 22.5. The number of rotatable bonds is 12. The lowest BCUT2D eigenvalue weighted by Gasteiger charge is -2.21. The van der Waals surface area contributed by atoms with Crippen LogP contribution in [0.4, 0.5) is 5.69 Å².